The SMILES string of the molecule is CN(CCCCCBr)C(=O)c1cc(O)cc(O)c1. The van der Waals surface area contributed by atoms with Crippen molar-refractivity contribution < 1.29 is 15.0 Å². The third-order valence-corrected chi connectivity index (χ3v) is 3.18. The van der Waals surface area contributed by atoms with Crippen LogP contribution in [0.4, 0.5) is 0 Å². The third-order valence-electron chi connectivity index (χ3n) is 2.62. The number of carbonyl (C=O) groups excluding carboxylic acids is 1. The van der Waals surface area contributed by atoms with Gasteiger partial charge in [0.1, 0.15) is 11.5 Å². The first-order chi connectivity index (χ1) is 8.54. The summed E-state index contributed by atoms with van der Waals surface area (Å²) < 4.78 is 0. The number of rotatable bonds is 6. The summed E-state index contributed by atoms with van der Waals surface area (Å²) in [6.45, 7) is 0.669. The molecule has 0 saturated heterocycles. The summed E-state index contributed by atoms with van der Waals surface area (Å²) in [5, 5.41) is 19.6. The number of benzene rings is 1. The minimum absolute atomic E-state index is 0.106. The van der Waals surface area contributed by atoms with Crippen LogP contribution in [0.15, 0.2) is 18.2 Å². The van der Waals surface area contributed by atoms with Gasteiger partial charge in [-0.3, -0.25) is 4.79 Å². The van der Waals surface area contributed by atoms with Crippen molar-refractivity contribution in [1.29, 1.82) is 0 Å². The molecule has 1 amide bonds. The van der Waals surface area contributed by atoms with Gasteiger partial charge in [0.15, 0.2) is 0 Å². The zero-order valence-corrected chi connectivity index (χ0v) is 12.0. The van der Waals surface area contributed by atoms with Gasteiger partial charge < -0.3 is 15.1 Å². The molecule has 5 heteroatoms. The van der Waals surface area contributed by atoms with Crippen molar-refractivity contribution in [2.24, 2.45) is 0 Å². The van der Waals surface area contributed by atoms with Crippen LogP contribution < -0.4 is 0 Å². The van der Waals surface area contributed by atoms with Crippen LogP contribution in [0.5, 0.6) is 11.5 Å². The molecule has 0 radical (unpaired) electrons. The average molecular weight is 316 g/mol. The number of unbranched alkanes of at least 4 members (excludes halogenated alkanes) is 2. The number of amides is 1. The van der Waals surface area contributed by atoms with Gasteiger partial charge >= 0.3 is 0 Å². The Bertz CT molecular complexity index is 389. The number of phenolic OH excluding ortho intramolecular Hbond substituents is 2. The van der Waals surface area contributed by atoms with Crippen LogP contribution in [0, 0.1) is 0 Å². The summed E-state index contributed by atoms with van der Waals surface area (Å²) in [5.74, 6) is -0.405. The predicted octanol–water partition coefficient (Wildman–Crippen LogP) is 2.74. The summed E-state index contributed by atoms with van der Waals surface area (Å²) in [7, 11) is 1.72. The second-order valence-corrected chi connectivity index (χ2v) is 5.01. The number of alkyl halides is 1. The number of halogens is 1. The van der Waals surface area contributed by atoms with Gasteiger partial charge in [-0.15, -0.1) is 0 Å². The second-order valence-electron chi connectivity index (χ2n) is 4.21. The molecule has 2 N–H and O–H groups in total. The summed E-state index contributed by atoms with van der Waals surface area (Å²) in [6, 6.07) is 3.92. The van der Waals surface area contributed by atoms with E-state index < -0.39 is 0 Å². The maximum atomic E-state index is 12.0. The minimum atomic E-state index is -0.194. The lowest BCUT2D eigenvalue weighted by atomic mass is 10.1. The molecule has 1 aromatic carbocycles. The molecule has 0 saturated carbocycles. The highest BCUT2D eigenvalue weighted by Crippen LogP contribution is 2.21. The highest BCUT2D eigenvalue weighted by atomic mass is 79.9. The Morgan fingerprint density at radius 3 is 2.33 bits per heavy atom. The number of hydrogen-bond acceptors (Lipinski definition) is 3. The average Bonchev–Trinajstić information content (AvgIpc) is 2.32. The number of nitrogens with zero attached hydrogens (tertiary/aromatic N) is 1. The van der Waals surface area contributed by atoms with Gasteiger partial charge in [0.25, 0.3) is 5.91 Å². The van der Waals surface area contributed by atoms with Gasteiger partial charge in [-0.2, -0.15) is 0 Å². The molecule has 0 bridgehead atoms. The van der Waals surface area contributed by atoms with E-state index in [1.54, 1.807) is 11.9 Å². The van der Waals surface area contributed by atoms with E-state index in [0.29, 0.717) is 12.1 Å². The van der Waals surface area contributed by atoms with Crippen LogP contribution >= 0.6 is 15.9 Å². The normalized spacial score (nSPS) is 10.3. The molecule has 0 aliphatic rings. The Morgan fingerprint density at radius 2 is 1.78 bits per heavy atom. The Labute approximate surface area is 115 Å². The highest BCUT2D eigenvalue weighted by Gasteiger charge is 2.13. The quantitative estimate of drug-likeness (QED) is 0.627. The smallest absolute Gasteiger partial charge is 0.253 e. The summed E-state index contributed by atoms with van der Waals surface area (Å²) in [5.41, 5.74) is 0.301. The number of hydrogen-bond donors (Lipinski definition) is 2. The molecule has 100 valence electrons. The molecule has 0 aliphatic carbocycles. The van der Waals surface area contributed by atoms with Gasteiger partial charge in [0.05, 0.1) is 0 Å². The van der Waals surface area contributed by atoms with Crippen LogP contribution in [0.1, 0.15) is 29.6 Å². The van der Waals surface area contributed by atoms with Crippen molar-refractivity contribution >= 4 is 21.8 Å². The van der Waals surface area contributed by atoms with Gasteiger partial charge in [0.2, 0.25) is 0 Å². The molecule has 0 heterocycles. The lowest BCUT2D eigenvalue weighted by Crippen LogP contribution is -2.27. The van der Waals surface area contributed by atoms with Crippen LogP contribution in [0.3, 0.4) is 0 Å². The molecule has 0 unspecified atom stereocenters. The van der Waals surface area contributed by atoms with Crippen molar-refractivity contribution in [3.05, 3.63) is 23.8 Å². The Balaban J connectivity index is 2.57. The molecule has 0 fully saturated rings. The molecule has 0 spiro atoms. The maximum absolute atomic E-state index is 12.0. The van der Waals surface area contributed by atoms with Crippen LogP contribution in [0.25, 0.3) is 0 Å². The molecule has 1 aromatic rings. The zero-order chi connectivity index (χ0) is 13.5. The van der Waals surface area contributed by atoms with Crippen LogP contribution in [-0.4, -0.2) is 39.9 Å². The van der Waals surface area contributed by atoms with E-state index in [4.69, 9.17) is 0 Å². The lowest BCUT2D eigenvalue weighted by Gasteiger charge is -2.17. The largest absolute Gasteiger partial charge is 0.508 e. The van der Waals surface area contributed by atoms with Crippen molar-refractivity contribution in [3.63, 3.8) is 0 Å². The van der Waals surface area contributed by atoms with E-state index in [1.807, 2.05) is 0 Å². The van der Waals surface area contributed by atoms with Crippen LogP contribution in [-0.2, 0) is 0 Å². The summed E-state index contributed by atoms with van der Waals surface area (Å²) in [4.78, 5) is 13.6. The van der Waals surface area contributed by atoms with E-state index >= 15 is 0 Å². The first-order valence-electron chi connectivity index (χ1n) is 5.89. The standard InChI is InChI=1S/C13H18BrNO3/c1-15(6-4-2-3-5-14)13(18)10-7-11(16)9-12(17)8-10/h7-9,16-17H,2-6H2,1H3. The minimum Gasteiger partial charge on any atom is -0.508 e. The fraction of sp³-hybridized carbons (Fsp3) is 0.462. The van der Waals surface area contributed by atoms with E-state index in [-0.39, 0.29) is 17.4 Å². The molecule has 0 atom stereocenters. The van der Waals surface area contributed by atoms with Gasteiger partial charge in [-0.25, -0.2) is 0 Å². The van der Waals surface area contributed by atoms with Crippen molar-refractivity contribution in [2.45, 2.75) is 19.3 Å². The van der Waals surface area contributed by atoms with Gasteiger partial charge in [0, 0.05) is 30.6 Å². The molecule has 0 aromatic heterocycles. The molecule has 4 nitrogen and oxygen atoms in total. The maximum Gasteiger partial charge on any atom is 0.253 e. The second kappa shape index (κ2) is 7.26. The number of phenols is 2. The Kier molecular flexibility index (Phi) is 5.98. The van der Waals surface area contributed by atoms with Crippen molar-refractivity contribution in [1.82, 2.24) is 4.90 Å². The molecule has 18 heavy (non-hydrogen) atoms. The first-order valence-corrected chi connectivity index (χ1v) is 7.01. The summed E-state index contributed by atoms with van der Waals surface area (Å²) in [6.07, 6.45) is 3.10. The van der Waals surface area contributed by atoms with Crippen LogP contribution in [0.2, 0.25) is 0 Å². The first kappa shape index (κ1) is 14.8. The zero-order valence-electron chi connectivity index (χ0n) is 10.4. The number of aromatic hydroxyl groups is 2. The van der Waals surface area contributed by atoms with Gasteiger partial charge in [-0.1, -0.05) is 22.4 Å². The van der Waals surface area contributed by atoms with Gasteiger partial charge in [-0.05, 0) is 25.0 Å². The molecule has 1 rings (SSSR count). The van der Waals surface area contributed by atoms with E-state index in [1.165, 1.54) is 18.2 Å². The monoisotopic (exact) mass is 315 g/mol. The fourth-order valence-electron chi connectivity index (χ4n) is 1.66. The lowest BCUT2D eigenvalue weighted by molar-refractivity contribution is 0.0792. The van der Waals surface area contributed by atoms with E-state index in [0.717, 1.165) is 24.6 Å². The van der Waals surface area contributed by atoms with E-state index in [2.05, 4.69) is 15.9 Å². The van der Waals surface area contributed by atoms with Crippen molar-refractivity contribution in [2.75, 3.05) is 18.9 Å². The van der Waals surface area contributed by atoms with Crippen molar-refractivity contribution in [3.8, 4) is 11.5 Å². The predicted molar refractivity (Wildman–Crippen MR) is 74.4 cm³/mol. The fourth-order valence-corrected chi connectivity index (χ4v) is 2.06. The Hall–Kier alpha value is -1.23. The number of carbonyl (C=O) groups is 1. The third kappa shape index (κ3) is 4.56. The topological polar surface area (TPSA) is 60.8 Å². The Morgan fingerprint density at radius 1 is 1.17 bits per heavy atom. The molecular weight excluding hydrogens is 298 g/mol. The molecular formula is C13H18BrNO3. The molecule has 0 aliphatic heterocycles. The van der Waals surface area contributed by atoms with E-state index in [9.17, 15) is 15.0 Å². The summed E-state index contributed by atoms with van der Waals surface area (Å²) >= 11 is 3.36. The highest BCUT2D eigenvalue weighted by molar-refractivity contribution is 9.09.